The first-order chi connectivity index (χ1) is 9.67. The van der Waals surface area contributed by atoms with Crippen LogP contribution in [0.25, 0.3) is 0 Å². The van der Waals surface area contributed by atoms with Crippen LogP contribution in [0.3, 0.4) is 0 Å². The number of methoxy groups -OCH3 is 2. The van der Waals surface area contributed by atoms with Crippen LogP contribution in [0, 0.1) is 0 Å². The molecule has 2 atom stereocenters. The molecule has 1 heterocycles. The Hall–Kier alpha value is -1.26. The van der Waals surface area contributed by atoms with Crippen molar-refractivity contribution in [1.29, 1.82) is 0 Å². The first kappa shape index (κ1) is 15.1. The average molecular weight is 278 g/mol. The van der Waals surface area contributed by atoms with Crippen LogP contribution in [0.4, 0.5) is 0 Å². The molecule has 2 unspecified atom stereocenters. The van der Waals surface area contributed by atoms with E-state index in [0.29, 0.717) is 12.1 Å². The lowest BCUT2D eigenvalue weighted by atomic mass is 10.0. The molecule has 0 radical (unpaired) electrons. The molecular formula is C16H26N2O2. The SMILES string of the molecule is CCC(NC1CCN(C)C1)c1ccc(OC)c(OC)c1. The third-order valence-corrected chi connectivity index (χ3v) is 4.05. The molecule has 0 spiro atoms. The highest BCUT2D eigenvalue weighted by Crippen LogP contribution is 2.31. The molecule has 20 heavy (non-hydrogen) atoms. The summed E-state index contributed by atoms with van der Waals surface area (Å²) in [6.45, 7) is 4.52. The molecule has 1 aromatic rings. The van der Waals surface area contributed by atoms with Crippen LogP contribution in [0.5, 0.6) is 11.5 Å². The lowest BCUT2D eigenvalue weighted by molar-refractivity contribution is 0.352. The number of rotatable bonds is 6. The van der Waals surface area contributed by atoms with Crippen molar-refractivity contribution in [2.24, 2.45) is 0 Å². The van der Waals surface area contributed by atoms with Crippen molar-refractivity contribution in [2.45, 2.75) is 31.8 Å². The second-order valence-electron chi connectivity index (χ2n) is 5.49. The summed E-state index contributed by atoms with van der Waals surface area (Å²) >= 11 is 0. The summed E-state index contributed by atoms with van der Waals surface area (Å²) in [5.41, 5.74) is 1.26. The maximum atomic E-state index is 5.40. The number of hydrogen-bond acceptors (Lipinski definition) is 4. The van der Waals surface area contributed by atoms with Crippen LogP contribution in [-0.4, -0.2) is 45.3 Å². The minimum Gasteiger partial charge on any atom is -0.493 e. The number of likely N-dealkylation sites (N-methyl/N-ethyl adjacent to an activating group) is 1. The van der Waals surface area contributed by atoms with Crippen molar-refractivity contribution in [3.63, 3.8) is 0 Å². The molecule has 1 aliphatic heterocycles. The van der Waals surface area contributed by atoms with Crippen molar-refractivity contribution < 1.29 is 9.47 Å². The lowest BCUT2D eigenvalue weighted by Gasteiger charge is -2.23. The maximum Gasteiger partial charge on any atom is 0.161 e. The Kier molecular flexibility index (Phi) is 5.26. The van der Waals surface area contributed by atoms with Crippen molar-refractivity contribution in [3.8, 4) is 11.5 Å². The topological polar surface area (TPSA) is 33.7 Å². The predicted octanol–water partition coefficient (Wildman–Crippen LogP) is 2.45. The van der Waals surface area contributed by atoms with E-state index in [9.17, 15) is 0 Å². The zero-order chi connectivity index (χ0) is 14.5. The number of hydrogen-bond donors (Lipinski definition) is 1. The summed E-state index contributed by atoms with van der Waals surface area (Å²) in [7, 11) is 5.53. The van der Waals surface area contributed by atoms with Crippen LogP contribution in [0.1, 0.15) is 31.4 Å². The summed E-state index contributed by atoms with van der Waals surface area (Å²) < 4.78 is 10.7. The molecule has 2 rings (SSSR count). The van der Waals surface area contributed by atoms with E-state index >= 15 is 0 Å². The summed E-state index contributed by atoms with van der Waals surface area (Å²) in [5, 5.41) is 3.76. The van der Waals surface area contributed by atoms with E-state index in [1.54, 1.807) is 14.2 Å². The fraction of sp³-hybridized carbons (Fsp3) is 0.625. The van der Waals surface area contributed by atoms with Crippen molar-refractivity contribution in [2.75, 3.05) is 34.4 Å². The van der Waals surface area contributed by atoms with Gasteiger partial charge in [0.2, 0.25) is 0 Å². The molecule has 4 nitrogen and oxygen atoms in total. The van der Waals surface area contributed by atoms with E-state index in [1.807, 2.05) is 6.07 Å². The van der Waals surface area contributed by atoms with Crippen molar-refractivity contribution in [1.82, 2.24) is 10.2 Å². The smallest absolute Gasteiger partial charge is 0.161 e. The summed E-state index contributed by atoms with van der Waals surface area (Å²) in [6.07, 6.45) is 2.29. The second kappa shape index (κ2) is 6.95. The van der Waals surface area contributed by atoms with Gasteiger partial charge in [0.1, 0.15) is 0 Å². The molecule has 1 saturated heterocycles. The van der Waals surface area contributed by atoms with E-state index in [1.165, 1.54) is 18.5 Å². The molecule has 112 valence electrons. The first-order valence-corrected chi connectivity index (χ1v) is 7.34. The number of benzene rings is 1. The van der Waals surface area contributed by atoms with E-state index < -0.39 is 0 Å². The van der Waals surface area contributed by atoms with Gasteiger partial charge in [-0.15, -0.1) is 0 Å². The van der Waals surface area contributed by atoms with E-state index in [0.717, 1.165) is 24.5 Å². The molecule has 0 aromatic heterocycles. The number of nitrogens with zero attached hydrogens (tertiary/aromatic N) is 1. The predicted molar refractivity (Wildman–Crippen MR) is 81.6 cm³/mol. The van der Waals surface area contributed by atoms with E-state index in [4.69, 9.17) is 9.47 Å². The molecule has 1 aliphatic rings. The molecule has 0 bridgehead atoms. The lowest BCUT2D eigenvalue weighted by Crippen LogP contribution is -2.34. The van der Waals surface area contributed by atoms with Crippen LogP contribution >= 0.6 is 0 Å². The van der Waals surface area contributed by atoms with Gasteiger partial charge in [-0.2, -0.15) is 0 Å². The Balaban J connectivity index is 2.10. The normalized spacial score (nSPS) is 20.9. The highest BCUT2D eigenvalue weighted by molar-refractivity contribution is 5.43. The standard InChI is InChI=1S/C16H26N2O2/c1-5-14(17-13-8-9-18(2)11-13)12-6-7-15(19-3)16(10-12)20-4/h6-7,10,13-14,17H,5,8-9,11H2,1-4H3. The molecule has 1 aromatic carbocycles. The van der Waals surface area contributed by atoms with Crippen LogP contribution in [-0.2, 0) is 0 Å². The van der Waals surface area contributed by atoms with Crippen molar-refractivity contribution >= 4 is 0 Å². The monoisotopic (exact) mass is 278 g/mol. The summed E-state index contributed by atoms with van der Waals surface area (Å²) in [4.78, 5) is 2.37. The molecular weight excluding hydrogens is 252 g/mol. The highest BCUT2D eigenvalue weighted by Gasteiger charge is 2.22. The van der Waals surface area contributed by atoms with E-state index in [2.05, 4.69) is 36.3 Å². The van der Waals surface area contributed by atoms with Gasteiger partial charge in [-0.3, -0.25) is 0 Å². The van der Waals surface area contributed by atoms with Crippen LogP contribution in [0.2, 0.25) is 0 Å². The molecule has 4 heteroatoms. The van der Waals surface area contributed by atoms with Crippen LogP contribution < -0.4 is 14.8 Å². The quantitative estimate of drug-likeness (QED) is 0.866. The minimum atomic E-state index is 0.367. The second-order valence-corrected chi connectivity index (χ2v) is 5.49. The van der Waals surface area contributed by atoms with Gasteiger partial charge in [-0.05, 0) is 44.1 Å². The van der Waals surface area contributed by atoms with Gasteiger partial charge >= 0.3 is 0 Å². The first-order valence-electron chi connectivity index (χ1n) is 7.34. The molecule has 0 amide bonds. The minimum absolute atomic E-state index is 0.367. The summed E-state index contributed by atoms with van der Waals surface area (Å²) in [5.74, 6) is 1.58. The third kappa shape index (κ3) is 3.44. The maximum absolute atomic E-state index is 5.40. The zero-order valence-corrected chi connectivity index (χ0v) is 13.0. The van der Waals surface area contributed by atoms with Gasteiger partial charge in [-0.25, -0.2) is 0 Å². The molecule has 1 fully saturated rings. The van der Waals surface area contributed by atoms with E-state index in [-0.39, 0.29) is 0 Å². The fourth-order valence-electron chi connectivity index (χ4n) is 2.87. The Morgan fingerprint density at radius 3 is 2.60 bits per heavy atom. The Morgan fingerprint density at radius 2 is 2.05 bits per heavy atom. The number of likely N-dealkylation sites (tertiary alicyclic amines) is 1. The molecule has 1 N–H and O–H groups in total. The average Bonchev–Trinajstić information content (AvgIpc) is 2.89. The number of ether oxygens (including phenoxy) is 2. The highest BCUT2D eigenvalue weighted by atomic mass is 16.5. The fourth-order valence-corrected chi connectivity index (χ4v) is 2.87. The third-order valence-electron chi connectivity index (χ3n) is 4.05. The summed E-state index contributed by atoms with van der Waals surface area (Å²) in [6, 6.07) is 7.14. The Labute approximate surface area is 122 Å². The van der Waals surface area contributed by atoms with Gasteiger partial charge in [0.15, 0.2) is 11.5 Å². The Morgan fingerprint density at radius 1 is 1.30 bits per heavy atom. The molecule has 0 aliphatic carbocycles. The molecule has 0 saturated carbocycles. The van der Waals surface area contributed by atoms with Gasteiger partial charge < -0.3 is 19.7 Å². The zero-order valence-electron chi connectivity index (χ0n) is 13.0. The van der Waals surface area contributed by atoms with Gasteiger partial charge in [0, 0.05) is 18.6 Å². The van der Waals surface area contributed by atoms with Crippen molar-refractivity contribution in [3.05, 3.63) is 23.8 Å². The van der Waals surface area contributed by atoms with Gasteiger partial charge in [-0.1, -0.05) is 13.0 Å². The van der Waals surface area contributed by atoms with Crippen LogP contribution in [0.15, 0.2) is 18.2 Å². The van der Waals surface area contributed by atoms with Gasteiger partial charge in [0.05, 0.1) is 14.2 Å². The largest absolute Gasteiger partial charge is 0.493 e. The van der Waals surface area contributed by atoms with Gasteiger partial charge in [0.25, 0.3) is 0 Å². The number of nitrogens with one attached hydrogen (secondary N) is 1. The Bertz CT molecular complexity index is 436.